The number of nitrogens with zero attached hydrogens (tertiary/aromatic N) is 1. The number of aromatic amines is 1. The Balaban J connectivity index is 2.04. The number of rotatable bonds is 7. The smallest absolute Gasteiger partial charge is 0.170 e. The van der Waals surface area contributed by atoms with E-state index in [9.17, 15) is 0 Å². The zero-order chi connectivity index (χ0) is 22.7. The summed E-state index contributed by atoms with van der Waals surface area (Å²) in [6.07, 6.45) is 0. The lowest BCUT2D eigenvalue weighted by molar-refractivity contribution is 0.355. The number of para-hydroxylation sites is 2. The molecule has 1 aromatic heterocycles. The molecule has 7 heteroatoms. The first kappa shape index (κ1) is 21.6. The highest BCUT2D eigenvalue weighted by atomic mass is 35.5. The minimum Gasteiger partial charge on any atom is -0.493 e. The van der Waals surface area contributed by atoms with E-state index in [-0.39, 0.29) is 0 Å². The van der Waals surface area contributed by atoms with Crippen molar-refractivity contribution in [1.82, 2.24) is 9.97 Å². The minimum absolute atomic E-state index is 0.579. The van der Waals surface area contributed by atoms with Gasteiger partial charge in [-0.3, -0.25) is 0 Å². The number of halogens is 1. The molecular formula is C25H23ClN2O4. The van der Waals surface area contributed by atoms with Gasteiger partial charge in [0.15, 0.2) is 23.0 Å². The van der Waals surface area contributed by atoms with Gasteiger partial charge in [-0.1, -0.05) is 35.9 Å². The fourth-order valence-electron chi connectivity index (χ4n) is 3.70. The normalized spacial score (nSPS) is 10.7. The molecule has 32 heavy (non-hydrogen) atoms. The van der Waals surface area contributed by atoms with Crippen molar-refractivity contribution in [3.8, 4) is 56.9 Å². The second-order valence-corrected chi connectivity index (χ2v) is 7.28. The molecule has 0 spiro atoms. The molecule has 164 valence electrons. The van der Waals surface area contributed by atoms with E-state index < -0.39 is 0 Å². The van der Waals surface area contributed by atoms with E-state index in [2.05, 4.69) is 4.98 Å². The predicted octanol–water partition coefficient (Wildman–Crippen LogP) is 6.10. The number of hydrogen-bond acceptors (Lipinski definition) is 5. The highest BCUT2D eigenvalue weighted by Gasteiger charge is 2.24. The van der Waals surface area contributed by atoms with E-state index in [4.69, 9.17) is 35.5 Å². The number of ether oxygens (including phenoxy) is 4. The van der Waals surface area contributed by atoms with Crippen LogP contribution >= 0.6 is 11.6 Å². The Bertz CT molecular complexity index is 1180. The van der Waals surface area contributed by atoms with E-state index in [0.29, 0.717) is 39.5 Å². The predicted molar refractivity (Wildman–Crippen MR) is 126 cm³/mol. The Hall–Kier alpha value is -3.64. The largest absolute Gasteiger partial charge is 0.493 e. The summed E-state index contributed by atoms with van der Waals surface area (Å²) < 4.78 is 22.4. The average molecular weight is 451 g/mol. The van der Waals surface area contributed by atoms with Gasteiger partial charge in [0, 0.05) is 16.7 Å². The lowest BCUT2D eigenvalue weighted by Gasteiger charge is -2.14. The van der Waals surface area contributed by atoms with E-state index in [1.165, 1.54) is 0 Å². The van der Waals surface area contributed by atoms with Crippen LogP contribution in [0.15, 0.2) is 60.7 Å². The SMILES string of the molecule is COc1cccc(-c2nc(-c3ccccc3Cl)[nH]c2-c2cccc(OC)c2OC)c1OC. The van der Waals surface area contributed by atoms with Gasteiger partial charge in [-0.25, -0.2) is 4.98 Å². The van der Waals surface area contributed by atoms with E-state index in [1.54, 1.807) is 28.4 Å². The Morgan fingerprint density at radius 3 is 1.81 bits per heavy atom. The molecule has 0 unspecified atom stereocenters. The Kier molecular flexibility index (Phi) is 6.23. The summed E-state index contributed by atoms with van der Waals surface area (Å²) in [6.45, 7) is 0. The van der Waals surface area contributed by atoms with Gasteiger partial charge in [0.2, 0.25) is 0 Å². The first-order chi connectivity index (χ1) is 15.6. The summed E-state index contributed by atoms with van der Waals surface area (Å²) in [4.78, 5) is 8.37. The fourth-order valence-corrected chi connectivity index (χ4v) is 3.93. The summed E-state index contributed by atoms with van der Waals surface area (Å²) in [5.74, 6) is 3.01. The van der Waals surface area contributed by atoms with Crippen molar-refractivity contribution in [1.29, 1.82) is 0 Å². The lowest BCUT2D eigenvalue weighted by atomic mass is 10.0. The third kappa shape index (κ3) is 3.74. The van der Waals surface area contributed by atoms with Crippen LogP contribution in [0.4, 0.5) is 0 Å². The molecule has 0 radical (unpaired) electrons. The van der Waals surface area contributed by atoms with E-state index in [0.717, 1.165) is 22.4 Å². The molecular weight excluding hydrogens is 428 g/mol. The van der Waals surface area contributed by atoms with Crippen LogP contribution in [0.5, 0.6) is 23.0 Å². The van der Waals surface area contributed by atoms with Gasteiger partial charge < -0.3 is 23.9 Å². The second kappa shape index (κ2) is 9.24. The first-order valence-electron chi connectivity index (χ1n) is 9.90. The molecule has 6 nitrogen and oxygen atoms in total. The Labute approximate surface area is 191 Å². The molecule has 0 amide bonds. The standard InChI is InChI=1S/C25H23ClN2O4/c1-29-19-13-7-10-16(23(19)31-3)21-22(17-11-8-14-20(30-2)24(17)32-4)28-25(27-21)15-9-5-6-12-18(15)26/h5-14H,1-4H3,(H,27,28). The van der Waals surface area contributed by atoms with Crippen LogP contribution in [0.1, 0.15) is 0 Å². The summed E-state index contributed by atoms with van der Waals surface area (Å²) in [5.41, 5.74) is 3.74. The number of benzene rings is 3. The summed E-state index contributed by atoms with van der Waals surface area (Å²) in [6, 6.07) is 18.9. The van der Waals surface area contributed by atoms with Crippen molar-refractivity contribution < 1.29 is 18.9 Å². The summed E-state index contributed by atoms with van der Waals surface area (Å²) in [7, 11) is 6.43. The quantitative estimate of drug-likeness (QED) is 0.368. The first-order valence-corrected chi connectivity index (χ1v) is 10.3. The van der Waals surface area contributed by atoms with Crippen LogP contribution in [0, 0.1) is 0 Å². The third-order valence-corrected chi connectivity index (χ3v) is 5.49. The van der Waals surface area contributed by atoms with Gasteiger partial charge in [-0.15, -0.1) is 0 Å². The molecule has 1 heterocycles. The van der Waals surface area contributed by atoms with Gasteiger partial charge in [-0.2, -0.15) is 0 Å². The average Bonchev–Trinajstić information content (AvgIpc) is 3.27. The van der Waals surface area contributed by atoms with Crippen LogP contribution in [0.3, 0.4) is 0 Å². The zero-order valence-corrected chi connectivity index (χ0v) is 19.0. The van der Waals surface area contributed by atoms with Gasteiger partial charge in [0.25, 0.3) is 0 Å². The summed E-state index contributed by atoms with van der Waals surface area (Å²) in [5, 5.41) is 0.592. The van der Waals surface area contributed by atoms with Gasteiger partial charge >= 0.3 is 0 Å². The van der Waals surface area contributed by atoms with Crippen LogP contribution < -0.4 is 18.9 Å². The van der Waals surface area contributed by atoms with E-state index in [1.807, 2.05) is 60.7 Å². The molecule has 0 aliphatic carbocycles. The Morgan fingerprint density at radius 1 is 0.656 bits per heavy atom. The molecule has 4 rings (SSSR count). The van der Waals surface area contributed by atoms with Crippen LogP contribution in [0.25, 0.3) is 33.9 Å². The molecule has 1 N–H and O–H groups in total. The van der Waals surface area contributed by atoms with Crippen molar-refractivity contribution >= 4 is 11.6 Å². The van der Waals surface area contributed by atoms with Gasteiger partial charge in [-0.05, 0) is 36.4 Å². The summed E-state index contributed by atoms with van der Waals surface area (Å²) >= 11 is 6.48. The van der Waals surface area contributed by atoms with Gasteiger partial charge in [0.1, 0.15) is 11.5 Å². The van der Waals surface area contributed by atoms with Crippen molar-refractivity contribution in [2.24, 2.45) is 0 Å². The second-order valence-electron chi connectivity index (χ2n) is 6.87. The number of imidazole rings is 1. The Morgan fingerprint density at radius 2 is 1.22 bits per heavy atom. The van der Waals surface area contributed by atoms with Gasteiger partial charge in [0.05, 0.1) is 39.2 Å². The van der Waals surface area contributed by atoms with Crippen LogP contribution in [-0.4, -0.2) is 38.4 Å². The molecule has 0 aliphatic rings. The molecule has 0 saturated heterocycles. The van der Waals surface area contributed by atoms with Crippen molar-refractivity contribution in [3.05, 3.63) is 65.7 Å². The maximum atomic E-state index is 6.48. The van der Waals surface area contributed by atoms with E-state index >= 15 is 0 Å². The topological polar surface area (TPSA) is 65.6 Å². The maximum Gasteiger partial charge on any atom is 0.170 e. The molecule has 0 aliphatic heterocycles. The highest BCUT2D eigenvalue weighted by molar-refractivity contribution is 6.33. The fraction of sp³-hybridized carbons (Fsp3) is 0.160. The molecule has 0 saturated carbocycles. The zero-order valence-electron chi connectivity index (χ0n) is 18.2. The molecule has 3 aromatic carbocycles. The van der Waals surface area contributed by atoms with Crippen LogP contribution in [-0.2, 0) is 0 Å². The number of H-pyrrole nitrogens is 1. The van der Waals surface area contributed by atoms with Crippen molar-refractivity contribution in [2.75, 3.05) is 28.4 Å². The third-order valence-electron chi connectivity index (χ3n) is 5.16. The van der Waals surface area contributed by atoms with Crippen molar-refractivity contribution in [3.63, 3.8) is 0 Å². The highest BCUT2D eigenvalue weighted by Crippen LogP contribution is 2.46. The number of nitrogens with one attached hydrogen (secondary N) is 1. The minimum atomic E-state index is 0.579. The molecule has 0 bridgehead atoms. The molecule has 0 fully saturated rings. The monoisotopic (exact) mass is 450 g/mol. The number of hydrogen-bond donors (Lipinski definition) is 1. The number of methoxy groups -OCH3 is 4. The molecule has 0 atom stereocenters. The number of aromatic nitrogens is 2. The maximum absolute atomic E-state index is 6.48. The van der Waals surface area contributed by atoms with Crippen LogP contribution in [0.2, 0.25) is 5.02 Å². The lowest BCUT2D eigenvalue weighted by Crippen LogP contribution is -1.96. The molecule has 4 aromatic rings. The van der Waals surface area contributed by atoms with Crippen molar-refractivity contribution in [2.45, 2.75) is 0 Å².